The molecule has 5 fully saturated rings. The van der Waals surface area contributed by atoms with Crippen LogP contribution in [0.2, 0.25) is 0 Å². The van der Waals surface area contributed by atoms with E-state index in [9.17, 15) is 14.7 Å². The van der Waals surface area contributed by atoms with Gasteiger partial charge >= 0.3 is 11.9 Å². The minimum Gasteiger partial charge on any atom is -0.482 e. The molecule has 0 amide bonds. The first kappa shape index (κ1) is 28.6. The molecule has 2 aliphatic heterocycles. The number of carbonyl (C=O) groups is 2. The van der Waals surface area contributed by atoms with Gasteiger partial charge in [-0.2, -0.15) is 0 Å². The number of nitrogens with zero attached hydrogens (tertiary/aromatic N) is 1. The van der Waals surface area contributed by atoms with Crippen LogP contribution in [0.4, 0.5) is 0 Å². The summed E-state index contributed by atoms with van der Waals surface area (Å²) in [7, 11) is 1.79. The Labute approximate surface area is 249 Å². The molecule has 0 aromatic heterocycles. The average Bonchev–Trinajstić information content (AvgIpc) is 3.67. The number of ether oxygens (including phenoxy) is 3. The molecule has 4 bridgehead atoms. The van der Waals surface area contributed by atoms with Gasteiger partial charge in [0.1, 0.15) is 11.7 Å². The van der Waals surface area contributed by atoms with Crippen molar-refractivity contribution in [3.05, 3.63) is 23.3 Å². The topological polar surface area (TPSA) is 106 Å². The number of aliphatic carboxylic acids is 1. The maximum atomic E-state index is 12.9. The Morgan fingerprint density at radius 1 is 1.12 bits per heavy atom. The summed E-state index contributed by atoms with van der Waals surface area (Å²) in [5.41, 5.74) is 0.102. The van der Waals surface area contributed by atoms with Crippen LogP contribution >= 0.6 is 0 Å². The number of carbonyl (C=O) groups excluding carboxylic acids is 1. The van der Waals surface area contributed by atoms with Crippen LogP contribution in [0.15, 0.2) is 12.1 Å². The summed E-state index contributed by atoms with van der Waals surface area (Å²) < 4.78 is 19.7. The number of carboxylic acid groups (broad SMARTS) is 1. The molecule has 230 valence electrons. The molecule has 42 heavy (non-hydrogen) atoms. The predicted molar refractivity (Wildman–Crippen MR) is 156 cm³/mol. The highest BCUT2D eigenvalue weighted by molar-refractivity contribution is 5.76. The SMILES string of the molecule is COC12CC[C@@]3(CC1[C@](C)(O)C(C)(C)C)[C@H]1Cc4ccc(OC(=O)CCCC(=O)O)c5c4[C@@]3(CCN1CC1CC1)C2O5. The van der Waals surface area contributed by atoms with Crippen molar-refractivity contribution in [1.29, 1.82) is 0 Å². The zero-order valence-electron chi connectivity index (χ0n) is 25.8. The van der Waals surface area contributed by atoms with Gasteiger partial charge in [0, 0.05) is 54.8 Å². The second-order valence-corrected chi connectivity index (χ2v) is 15.5. The molecule has 2 spiro atoms. The smallest absolute Gasteiger partial charge is 0.311 e. The Morgan fingerprint density at radius 3 is 2.55 bits per heavy atom. The molecule has 8 rings (SSSR count). The van der Waals surface area contributed by atoms with E-state index in [4.69, 9.17) is 19.3 Å². The largest absolute Gasteiger partial charge is 0.482 e. The van der Waals surface area contributed by atoms with Gasteiger partial charge in [-0.25, -0.2) is 0 Å². The Bertz CT molecular complexity index is 1310. The van der Waals surface area contributed by atoms with Crippen LogP contribution in [0.1, 0.15) is 96.6 Å². The van der Waals surface area contributed by atoms with Crippen molar-refractivity contribution in [3.63, 3.8) is 0 Å². The lowest BCUT2D eigenvalue weighted by Crippen LogP contribution is -2.83. The van der Waals surface area contributed by atoms with Crippen molar-refractivity contribution in [2.45, 2.75) is 121 Å². The Balaban J connectivity index is 1.36. The minimum atomic E-state index is -0.995. The number of methoxy groups -OCH3 is 1. The first-order valence-corrected chi connectivity index (χ1v) is 16.1. The van der Waals surface area contributed by atoms with Gasteiger partial charge < -0.3 is 24.4 Å². The van der Waals surface area contributed by atoms with Crippen molar-refractivity contribution in [2.75, 3.05) is 20.2 Å². The first-order chi connectivity index (χ1) is 19.8. The number of hydrogen-bond acceptors (Lipinski definition) is 7. The summed E-state index contributed by atoms with van der Waals surface area (Å²) in [5, 5.41) is 21.4. The molecule has 8 heteroatoms. The van der Waals surface area contributed by atoms with Gasteiger partial charge in [-0.15, -0.1) is 0 Å². The van der Waals surface area contributed by atoms with Crippen LogP contribution in [-0.2, 0) is 26.2 Å². The van der Waals surface area contributed by atoms with E-state index >= 15 is 0 Å². The number of benzene rings is 1. The van der Waals surface area contributed by atoms with E-state index in [0.717, 1.165) is 51.1 Å². The summed E-state index contributed by atoms with van der Waals surface area (Å²) in [6, 6.07) is 4.38. The number of esters is 1. The van der Waals surface area contributed by atoms with E-state index in [0.29, 0.717) is 17.5 Å². The summed E-state index contributed by atoms with van der Waals surface area (Å²) in [5.74, 6) is 0.408. The Hall–Kier alpha value is -2.16. The molecule has 2 N–H and O–H groups in total. The quantitative estimate of drug-likeness (QED) is 0.315. The predicted octanol–water partition coefficient (Wildman–Crippen LogP) is 4.87. The molecule has 8 nitrogen and oxygen atoms in total. The molecular formula is C34H47NO7. The van der Waals surface area contributed by atoms with E-state index in [1.807, 2.05) is 13.0 Å². The summed E-state index contributed by atoms with van der Waals surface area (Å²) >= 11 is 0. The van der Waals surface area contributed by atoms with Crippen LogP contribution in [0, 0.1) is 22.7 Å². The first-order valence-electron chi connectivity index (χ1n) is 16.1. The summed E-state index contributed by atoms with van der Waals surface area (Å²) in [4.78, 5) is 26.6. The van der Waals surface area contributed by atoms with Gasteiger partial charge in [0.15, 0.2) is 11.5 Å². The van der Waals surface area contributed by atoms with Crippen LogP contribution in [0.3, 0.4) is 0 Å². The fourth-order valence-electron chi connectivity index (χ4n) is 10.2. The lowest BCUT2D eigenvalue weighted by molar-refractivity contribution is -0.312. The standard InChI is InChI=1S/C34H47NO7/c1-30(2,3)31(4,39)23-18-32-13-14-34(23,40-5)29-33(32)15-16-35(19-20-9-10-20)24(32)17-21-11-12-22(28(42-29)27(21)33)41-26(38)8-6-7-25(36)37/h11-12,20,23-24,29,39H,6-10,13-19H2,1-5H3,(H,36,37)/t23?,24-,29?,31+,32-,33+,34?/m1/s1. The highest BCUT2D eigenvalue weighted by Gasteiger charge is 2.82. The van der Waals surface area contributed by atoms with Crippen molar-refractivity contribution in [2.24, 2.45) is 22.7 Å². The molecule has 2 heterocycles. The highest BCUT2D eigenvalue weighted by atomic mass is 16.6. The van der Waals surface area contributed by atoms with Gasteiger partial charge in [-0.1, -0.05) is 26.8 Å². The molecule has 7 atom stereocenters. The normalized spacial score (nSPS) is 37.5. The maximum Gasteiger partial charge on any atom is 0.311 e. The second-order valence-electron chi connectivity index (χ2n) is 15.5. The highest BCUT2D eigenvalue weighted by Crippen LogP contribution is 2.78. The second kappa shape index (κ2) is 9.18. The van der Waals surface area contributed by atoms with E-state index in [1.54, 1.807) is 7.11 Å². The fraction of sp³-hybridized carbons (Fsp3) is 0.765. The third kappa shape index (κ3) is 3.64. The number of aliphatic hydroxyl groups is 1. The lowest BCUT2D eigenvalue weighted by atomic mass is 9.33. The van der Waals surface area contributed by atoms with Gasteiger partial charge in [-0.3, -0.25) is 14.5 Å². The monoisotopic (exact) mass is 581 g/mol. The number of hydrogen-bond donors (Lipinski definition) is 2. The van der Waals surface area contributed by atoms with Crippen molar-refractivity contribution in [1.82, 2.24) is 4.90 Å². The fourth-order valence-corrected chi connectivity index (χ4v) is 10.2. The molecule has 3 unspecified atom stereocenters. The van der Waals surface area contributed by atoms with Crippen molar-refractivity contribution < 1.29 is 34.0 Å². The van der Waals surface area contributed by atoms with Crippen LogP contribution in [0.5, 0.6) is 11.5 Å². The van der Waals surface area contributed by atoms with Crippen LogP contribution < -0.4 is 9.47 Å². The number of rotatable bonds is 9. The summed E-state index contributed by atoms with van der Waals surface area (Å²) in [6.07, 6.45) is 7.20. The minimum absolute atomic E-state index is 0.0397. The molecule has 5 aliphatic carbocycles. The molecule has 1 saturated heterocycles. The van der Waals surface area contributed by atoms with E-state index in [1.165, 1.54) is 24.0 Å². The van der Waals surface area contributed by atoms with Crippen LogP contribution in [0.25, 0.3) is 0 Å². The molecular weight excluding hydrogens is 534 g/mol. The van der Waals surface area contributed by atoms with Crippen LogP contribution in [-0.4, -0.2) is 70.6 Å². The molecule has 1 aromatic rings. The number of fused-ring (bicyclic) bond motifs is 2. The number of carboxylic acids is 1. The number of piperidine rings is 1. The van der Waals surface area contributed by atoms with E-state index in [-0.39, 0.29) is 47.5 Å². The zero-order valence-corrected chi connectivity index (χ0v) is 25.8. The molecule has 7 aliphatic rings. The van der Waals surface area contributed by atoms with E-state index in [2.05, 4.69) is 31.7 Å². The Morgan fingerprint density at radius 2 is 1.88 bits per heavy atom. The van der Waals surface area contributed by atoms with Crippen molar-refractivity contribution in [3.8, 4) is 11.5 Å². The zero-order chi connectivity index (χ0) is 29.9. The van der Waals surface area contributed by atoms with E-state index < -0.39 is 23.1 Å². The van der Waals surface area contributed by atoms with Gasteiger partial charge in [0.2, 0.25) is 0 Å². The van der Waals surface area contributed by atoms with Gasteiger partial charge in [0.25, 0.3) is 0 Å². The maximum absolute atomic E-state index is 12.9. The van der Waals surface area contributed by atoms with Crippen molar-refractivity contribution >= 4 is 11.9 Å². The molecule has 0 radical (unpaired) electrons. The number of likely N-dealkylation sites (tertiary alicyclic amines) is 1. The average molecular weight is 582 g/mol. The lowest BCUT2D eigenvalue weighted by Gasteiger charge is -2.75. The summed E-state index contributed by atoms with van der Waals surface area (Å²) in [6.45, 7) is 10.5. The third-order valence-electron chi connectivity index (χ3n) is 12.8. The third-order valence-corrected chi connectivity index (χ3v) is 12.8. The van der Waals surface area contributed by atoms with Gasteiger partial charge in [-0.05, 0) is 87.8 Å². The Kier molecular flexibility index (Phi) is 6.25. The molecule has 4 saturated carbocycles. The molecule has 1 aromatic carbocycles. The van der Waals surface area contributed by atoms with Gasteiger partial charge in [0.05, 0.1) is 5.60 Å².